The maximum atomic E-state index is 12.5. The molecule has 3 aromatic rings. The van der Waals surface area contributed by atoms with Crippen LogP contribution in [0.5, 0.6) is 5.75 Å². The number of benzene rings is 2. The Hall–Kier alpha value is -4.12. The molecule has 1 heterocycles. The van der Waals surface area contributed by atoms with Gasteiger partial charge in [0.15, 0.2) is 0 Å². The van der Waals surface area contributed by atoms with E-state index in [1.165, 1.54) is 13.3 Å². The van der Waals surface area contributed by atoms with E-state index in [1.807, 2.05) is 0 Å². The van der Waals surface area contributed by atoms with Gasteiger partial charge in [-0.25, -0.2) is 18.6 Å². The summed E-state index contributed by atoms with van der Waals surface area (Å²) in [4.78, 5) is 24.2. The summed E-state index contributed by atoms with van der Waals surface area (Å²) in [5.41, 5.74) is 4.54. The first-order chi connectivity index (χ1) is 17.1. The zero-order chi connectivity index (χ0) is 26.3. The second-order valence-corrected chi connectivity index (χ2v) is 9.64. The summed E-state index contributed by atoms with van der Waals surface area (Å²) in [6.07, 6.45) is 2.31. The molecule has 1 amide bonds. The predicted octanol–water partition coefficient (Wildman–Crippen LogP) is 3.36. The number of esters is 1. The van der Waals surface area contributed by atoms with Crippen molar-refractivity contribution in [1.82, 2.24) is 5.43 Å². The van der Waals surface area contributed by atoms with Crippen molar-refractivity contribution >= 4 is 33.8 Å². The van der Waals surface area contributed by atoms with Gasteiger partial charge in [0.05, 0.1) is 37.4 Å². The number of hydrogen-bond donors (Lipinski definition) is 1. The minimum atomic E-state index is -3.79. The number of anilines is 1. The van der Waals surface area contributed by atoms with Crippen LogP contribution in [0.1, 0.15) is 28.6 Å². The molecule has 0 saturated heterocycles. The molecule has 10 nitrogen and oxygen atoms in total. The van der Waals surface area contributed by atoms with Gasteiger partial charge in [0.2, 0.25) is 10.0 Å². The summed E-state index contributed by atoms with van der Waals surface area (Å²) in [5.74, 6) is 0.165. The van der Waals surface area contributed by atoms with Gasteiger partial charge in [0.25, 0.3) is 5.91 Å². The molecule has 0 aliphatic heterocycles. The van der Waals surface area contributed by atoms with Crippen LogP contribution in [-0.4, -0.2) is 53.0 Å². The van der Waals surface area contributed by atoms with Crippen molar-refractivity contribution < 1.29 is 31.9 Å². The van der Waals surface area contributed by atoms with Crippen LogP contribution in [-0.2, 0) is 19.6 Å². The average Bonchev–Trinajstić information content (AvgIpc) is 3.31. The van der Waals surface area contributed by atoms with Gasteiger partial charge in [-0.15, -0.1) is 0 Å². The van der Waals surface area contributed by atoms with Crippen molar-refractivity contribution in [3.05, 3.63) is 71.5 Å². The quantitative estimate of drug-likeness (QED) is 0.250. The number of carbonyl (C=O) groups is 2. The van der Waals surface area contributed by atoms with Crippen LogP contribution in [0.2, 0.25) is 0 Å². The maximum Gasteiger partial charge on any atom is 0.338 e. The van der Waals surface area contributed by atoms with Gasteiger partial charge < -0.3 is 13.9 Å². The topological polar surface area (TPSA) is 128 Å². The molecule has 0 fully saturated rings. The third-order valence-electron chi connectivity index (χ3n) is 4.98. The number of amides is 1. The number of ether oxygens (including phenoxy) is 2. The lowest BCUT2D eigenvalue weighted by Gasteiger charge is -2.23. The van der Waals surface area contributed by atoms with E-state index >= 15 is 0 Å². The first-order valence-corrected chi connectivity index (χ1v) is 12.8. The molecule has 0 radical (unpaired) electrons. The van der Waals surface area contributed by atoms with Gasteiger partial charge in [0.1, 0.15) is 23.8 Å². The van der Waals surface area contributed by atoms with Crippen molar-refractivity contribution in [2.75, 3.05) is 30.8 Å². The first kappa shape index (κ1) is 26.5. The van der Waals surface area contributed by atoms with Crippen LogP contribution in [0, 0.1) is 6.92 Å². The molecule has 11 heteroatoms. The van der Waals surface area contributed by atoms with Crippen LogP contribution in [0.25, 0.3) is 11.3 Å². The summed E-state index contributed by atoms with van der Waals surface area (Å²) in [6.45, 7) is 3.35. The standard InChI is InChI=1S/C25H27N3O7S/c1-5-34-25(30)19-9-7-18(8-10-19)22-13-11-20(35-22)15-26-27-24(29)16-28(36(4,31)32)21-14-17(2)6-12-23(21)33-3/h6-15H,5,16H2,1-4H3,(H,27,29)/b26-15-. The molecule has 0 aliphatic rings. The molecule has 1 aromatic heterocycles. The molecular formula is C25H27N3O7S. The Bertz CT molecular complexity index is 1360. The SMILES string of the molecule is CCOC(=O)c1ccc(-c2ccc(/C=N\NC(=O)CN(c3cc(C)ccc3OC)S(C)(=O)=O)o2)cc1. The lowest BCUT2D eigenvalue weighted by atomic mass is 10.1. The Balaban J connectivity index is 1.66. The van der Waals surface area contributed by atoms with E-state index in [9.17, 15) is 18.0 Å². The summed E-state index contributed by atoms with van der Waals surface area (Å²) >= 11 is 0. The van der Waals surface area contributed by atoms with Crippen molar-refractivity contribution in [1.29, 1.82) is 0 Å². The fraction of sp³-hybridized carbons (Fsp3) is 0.240. The van der Waals surface area contributed by atoms with Crippen LogP contribution in [0.15, 0.2) is 64.1 Å². The van der Waals surface area contributed by atoms with E-state index in [1.54, 1.807) is 68.4 Å². The second-order valence-electron chi connectivity index (χ2n) is 7.74. The number of hydrazone groups is 1. The summed E-state index contributed by atoms with van der Waals surface area (Å²) in [6, 6.07) is 15.2. The van der Waals surface area contributed by atoms with Gasteiger partial charge in [-0.05, 0) is 55.8 Å². The van der Waals surface area contributed by atoms with Gasteiger partial charge >= 0.3 is 5.97 Å². The number of nitrogens with zero attached hydrogens (tertiary/aromatic N) is 2. The van der Waals surface area contributed by atoms with E-state index in [0.29, 0.717) is 29.4 Å². The Morgan fingerprint density at radius 2 is 1.83 bits per heavy atom. The number of methoxy groups -OCH3 is 1. The Kier molecular flexibility index (Phi) is 8.49. The normalized spacial score (nSPS) is 11.3. The second kappa shape index (κ2) is 11.5. The van der Waals surface area contributed by atoms with E-state index in [4.69, 9.17) is 13.9 Å². The highest BCUT2D eigenvalue weighted by Gasteiger charge is 2.24. The van der Waals surface area contributed by atoms with Crippen molar-refractivity contribution in [3.8, 4) is 17.1 Å². The highest BCUT2D eigenvalue weighted by atomic mass is 32.2. The molecule has 3 rings (SSSR count). The number of hydrogen-bond acceptors (Lipinski definition) is 8. The summed E-state index contributed by atoms with van der Waals surface area (Å²) in [7, 11) is -2.36. The molecule has 2 aromatic carbocycles. The number of carbonyl (C=O) groups excluding carboxylic acids is 2. The summed E-state index contributed by atoms with van der Waals surface area (Å²) < 4.78 is 41.7. The third kappa shape index (κ3) is 6.72. The lowest BCUT2D eigenvalue weighted by molar-refractivity contribution is -0.119. The Morgan fingerprint density at radius 3 is 2.47 bits per heavy atom. The van der Waals surface area contributed by atoms with Crippen LogP contribution in [0.3, 0.4) is 0 Å². The fourth-order valence-electron chi connectivity index (χ4n) is 3.27. The largest absolute Gasteiger partial charge is 0.495 e. The number of sulfonamides is 1. The number of rotatable bonds is 10. The minimum Gasteiger partial charge on any atom is -0.495 e. The molecule has 0 unspecified atom stereocenters. The maximum absolute atomic E-state index is 12.5. The zero-order valence-electron chi connectivity index (χ0n) is 20.3. The van der Waals surface area contributed by atoms with Gasteiger partial charge in [-0.1, -0.05) is 18.2 Å². The van der Waals surface area contributed by atoms with Gasteiger partial charge in [-0.3, -0.25) is 9.10 Å². The monoisotopic (exact) mass is 513 g/mol. The highest BCUT2D eigenvalue weighted by molar-refractivity contribution is 7.92. The first-order valence-electron chi connectivity index (χ1n) is 10.9. The van der Waals surface area contributed by atoms with Crippen LogP contribution in [0.4, 0.5) is 5.69 Å². The number of furan rings is 1. The Morgan fingerprint density at radius 1 is 1.11 bits per heavy atom. The van der Waals surface area contributed by atoms with E-state index in [-0.39, 0.29) is 5.69 Å². The van der Waals surface area contributed by atoms with E-state index in [0.717, 1.165) is 21.7 Å². The number of aryl methyl sites for hydroxylation is 1. The molecule has 0 atom stereocenters. The molecule has 1 N–H and O–H groups in total. The smallest absolute Gasteiger partial charge is 0.338 e. The van der Waals surface area contributed by atoms with E-state index < -0.39 is 28.4 Å². The van der Waals surface area contributed by atoms with Gasteiger partial charge in [0, 0.05) is 5.56 Å². The highest BCUT2D eigenvalue weighted by Crippen LogP contribution is 2.30. The lowest BCUT2D eigenvalue weighted by Crippen LogP contribution is -2.39. The van der Waals surface area contributed by atoms with Crippen LogP contribution >= 0.6 is 0 Å². The molecule has 190 valence electrons. The Labute approximate surface area is 209 Å². The average molecular weight is 514 g/mol. The predicted molar refractivity (Wildman–Crippen MR) is 136 cm³/mol. The third-order valence-corrected chi connectivity index (χ3v) is 6.11. The summed E-state index contributed by atoms with van der Waals surface area (Å²) in [5, 5.41) is 3.86. The number of nitrogens with one attached hydrogen (secondary N) is 1. The van der Waals surface area contributed by atoms with E-state index in [2.05, 4.69) is 10.5 Å². The minimum absolute atomic E-state index is 0.254. The van der Waals surface area contributed by atoms with Crippen molar-refractivity contribution in [3.63, 3.8) is 0 Å². The van der Waals surface area contributed by atoms with Gasteiger partial charge in [-0.2, -0.15) is 5.10 Å². The molecular weight excluding hydrogens is 486 g/mol. The fourth-order valence-corrected chi connectivity index (χ4v) is 4.12. The van der Waals surface area contributed by atoms with Crippen molar-refractivity contribution in [2.45, 2.75) is 13.8 Å². The van der Waals surface area contributed by atoms with Crippen LogP contribution < -0.4 is 14.5 Å². The molecule has 0 spiro atoms. The molecule has 0 saturated carbocycles. The zero-order valence-corrected chi connectivity index (χ0v) is 21.2. The molecule has 0 bridgehead atoms. The molecule has 36 heavy (non-hydrogen) atoms. The molecule has 0 aliphatic carbocycles. The van der Waals surface area contributed by atoms with Crippen molar-refractivity contribution in [2.24, 2.45) is 5.10 Å².